The maximum Gasteiger partial charge on any atom is 0.220 e. The first-order chi connectivity index (χ1) is 11.2. The van der Waals surface area contributed by atoms with Crippen LogP contribution in [0.5, 0.6) is 0 Å². The zero-order chi connectivity index (χ0) is 15.8. The number of nitrogens with two attached hydrogens (primary N) is 1. The number of nitrogens with zero attached hydrogens (tertiary/aromatic N) is 3. The molecule has 114 valence electrons. The Hall–Kier alpha value is -2.40. The van der Waals surface area contributed by atoms with Gasteiger partial charge in [-0.05, 0) is 41.8 Å². The Morgan fingerprint density at radius 2 is 1.96 bits per heavy atom. The number of aliphatic imine (C=N–C) groups is 1. The van der Waals surface area contributed by atoms with Crippen LogP contribution in [0.3, 0.4) is 0 Å². The monoisotopic (exact) mass is 320 g/mol. The first kappa shape index (κ1) is 14.2. The van der Waals surface area contributed by atoms with Crippen molar-refractivity contribution < 1.29 is 0 Å². The van der Waals surface area contributed by atoms with Gasteiger partial charge in [0.15, 0.2) is 0 Å². The molecule has 0 bridgehead atoms. The predicted octanol–water partition coefficient (Wildman–Crippen LogP) is 3.68. The van der Waals surface area contributed by atoms with E-state index in [4.69, 9.17) is 5.73 Å². The van der Waals surface area contributed by atoms with Crippen LogP contribution < -0.4 is 5.73 Å². The quantitative estimate of drug-likeness (QED) is 0.782. The molecular formula is C18H16N4S. The Morgan fingerprint density at radius 3 is 2.78 bits per heavy atom. The number of hydrogen-bond acceptors (Lipinski definition) is 5. The van der Waals surface area contributed by atoms with E-state index >= 15 is 0 Å². The van der Waals surface area contributed by atoms with Gasteiger partial charge in [-0.25, -0.2) is 9.97 Å². The van der Waals surface area contributed by atoms with Crippen molar-refractivity contribution in [1.29, 1.82) is 0 Å². The van der Waals surface area contributed by atoms with E-state index in [2.05, 4.69) is 52.2 Å². The van der Waals surface area contributed by atoms with E-state index in [1.165, 1.54) is 16.7 Å². The van der Waals surface area contributed by atoms with E-state index in [0.717, 1.165) is 33.8 Å². The van der Waals surface area contributed by atoms with Gasteiger partial charge in [0.1, 0.15) is 0 Å². The van der Waals surface area contributed by atoms with Gasteiger partial charge in [-0.3, -0.25) is 4.99 Å². The number of benzene rings is 2. The minimum atomic E-state index is 0.305. The number of hydrogen-bond donors (Lipinski definition) is 1. The van der Waals surface area contributed by atoms with Crippen LogP contribution in [0.2, 0.25) is 0 Å². The Balaban J connectivity index is 1.83. The molecule has 4 nitrogen and oxygen atoms in total. The van der Waals surface area contributed by atoms with E-state index in [1.807, 2.05) is 17.8 Å². The molecule has 5 heteroatoms. The average Bonchev–Trinajstić information content (AvgIpc) is 3.09. The Bertz CT molecular complexity index is 933. The number of fused-ring (bicyclic) bond motifs is 1. The highest BCUT2D eigenvalue weighted by molar-refractivity contribution is 8.14. The second kappa shape index (κ2) is 5.66. The summed E-state index contributed by atoms with van der Waals surface area (Å²) in [4.78, 5) is 12.9. The molecule has 0 fully saturated rings. The van der Waals surface area contributed by atoms with Crippen molar-refractivity contribution in [2.75, 3.05) is 18.0 Å². The van der Waals surface area contributed by atoms with Crippen LogP contribution in [0.15, 0.2) is 47.6 Å². The number of rotatable bonds is 2. The van der Waals surface area contributed by atoms with Gasteiger partial charge in [-0.1, -0.05) is 18.2 Å². The topological polar surface area (TPSA) is 64.2 Å². The van der Waals surface area contributed by atoms with Crippen LogP contribution >= 0.6 is 11.8 Å². The van der Waals surface area contributed by atoms with Gasteiger partial charge in [0.25, 0.3) is 0 Å². The highest BCUT2D eigenvalue weighted by atomic mass is 32.2. The van der Waals surface area contributed by atoms with Gasteiger partial charge < -0.3 is 5.73 Å². The molecule has 2 aromatic carbocycles. The largest absolute Gasteiger partial charge is 0.368 e. The second-order valence-corrected chi connectivity index (χ2v) is 6.65. The number of anilines is 1. The smallest absolute Gasteiger partial charge is 0.220 e. The van der Waals surface area contributed by atoms with Crippen LogP contribution in [0.25, 0.3) is 22.0 Å². The lowest BCUT2D eigenvalue weighted by Crippen LogP contribution is -1.96. The maximum absolute atomic E-state index is 5.65. The third-order valence-corrected chi connectivity index (χ3v) is 5.00. The molecule has 0 saturated heterocycles. The van der Waals surface area contributed by atoms with Crippen LogP contribution in [-0.4, -0.2) is 27.3 Å². The molecular weight excluding hydrogens is 304 g/mol. The Labute approximate surface area is 138 Å². The lowest BCUT2D eigenvalue weighted by Gasteiger charge is -2.10. The molecule has 0 spiro atoms. The van der Waals surface area contributed by atoms with Crippen LogP contribution in [0.4, 0.5) is 5.95 Å². The summed E-state index contributed by atoms with van der Waals surface area (Å²) in [7, 11) is 0. The van der Waals surface area contributed by atoms with E-state index < -0.39 is 0 Å². The van der Waals surface area contributed by atoms with Gasteiger partial charge in [0.2, 0.25) is 5.95 Å². The van der Waals surface area contributed by atoms with Crippen molar-refractivity contribution in [2.24, 2.45) is 4.99 Å². The highest BCUT2D eigenvalue weighted by Gasteiger charge is 2.12. The summed E-state index contributed by atoms with van der Waals surface area (Å²) in [6, 6.07) is 12.7. The molecule has 1 aliphatic rings. The van der Waals surface area contributed by atoms with Crippen molar-refractivity contribution in [3.63, 3.8) is 0 Å². The fraction of sp³-hybridized carbons (Fsp3) is 0.167. The third-order valence-electron chi connectivity index (χ3n) is 3.98. The normalized spacial score (nSPS) is 14.2. The minimum Gasteiger partial charge on any atom is -0.368 e. The van der Waals surface area contributed by atoms with Crippen molar-refractivity contribution in [3.8, 4) is 11.1 Å². The predicted molar refractivity (Wildman–Crippen MR) is 98.0 cm³/mol. The van der Waals surface area contributed by atoms with E-state index in [-0.39, 0.29) is 0 Å². The zero-order valence-electron chi connectivity index (χ0n) is 12.8. The SMILES string of the molecule is Cc1ccc(C2=NCCS2)cc1-c1ccc2nc(N)ncc2c1. The standard InChI is InChI=1S/C18H16N4S/c1-11-2-3-13(17-20-6-7-23-17)9-15(11)12-4-5-16-14(8-12)10-21-18(19)22-16/h2-5,8-10H,6-7H2,1H3,(H2,19,21,22). The van der Waals surface area contributed by atoms with Gasteiger partial charge in [-0.15, -0.1) is 11.8 Å². The van der Waals surface area contributed by atoms with Crippen LogP contribution in [-0.2, 0) is 0 Å². The molecule has 0 atom stereocenters. The molecule has 2 heterocycles. The number of aryl methyl sites for hydroxylation is 1. The number of nitrogen functional groups attached to an aromatic ring is 1. The lowest BCUT2D eigenvalue weighted by atomic mass is 9.97. The van der Waals surface area contributed by atoms with Crippen molar-refractivity contribution in [1.82, 2.24) is 9.97 Å². The molecule has 0 aliphatic carbocycles. The molecule has 4 rings (SSSR count). The van der Waals surface area contributed by atoms with Gasteiger partial charge >= 0.3 is 0 Å². The fourth-order valence-corrected chi connectivity index (χ4v) is 3.64. The molecule has 1 aromatic heterocycles. The summed E-state index contributed by atoms with van der Waals surface area (Å²) in [6.45, 7) is 3.05. The van der Waals surface area contributed by atoms with Crippen molar-refractivity contribution >= 4 is 33.7 Å². The number of thioether (sulfide) groups is 1. The summed E-state index contributed by atoms with van der Waals surface area (Å²) in [5.41, 5.74) is 11.3. The fourth-order valence-electron chi connectivity index (χ4n) is 2.79. The van der Waals surface area contributed by atoms with Crippen LogP contribution in [0, 0.1) is 6.92 Å². The molecule has 3 aromatic rings. The Morgan fingerprint density at radius 1 is 1.09 bits per heavy atom. The first-order valence-corrected chi connectivity index (χ1v) is 8.50. The lowest BCUT2D eigenvalue weighted by molar-refractivity contribution is 1.17. The summed E-state index contributed by atoms with van der Waals surface area (Å²) in [5.74, 6) is 1.38. The zero-order valence-corrected chi connectivity index (χ0v) is 13.6. The van der Waals surface area contributed by atoms with E-state index in [0.29, 0.717) is 5.95 Å². The number of aromatic nitrogens is 2. The van der Waals surface area contributed by atoms with E-state index in [9.17, 15) is 0 Å². The third kappa shape index (κ3) is 2.68. The summed E-state index contributed by atoms with van der Waals surface area (Å²) in [5, 5.41) is 2.14. The molecule has 1 aliphatic heterocycles. The average molecular weight is 320 g/mol. The molecule has 0 amide bonds. The molecule has 0 unspecified atom stereocenters. The molecule has 0 radical (unpaired) electrons. The summed E-state index contributed by atoms with van der Waals surface area (Å²) >= 11 is 1.83. The molecule has 2 N–H and O–H groups in total. The van der Waals surface area contributed by atoms with Gasteiger partial charge in [-0.2, -0.15) is 0 Å². The van der Waals surface area contributed by atoms with Gasteiger partial charge in [0.05, 0.1) is 10.6 Å². The van der Waals surface area contributed by atoms with Crippen LogP contribution in [0.1, 0.15) is 11.1 Å². The van der Waals surface area contributed by atoms with Gasteiger partial charge in [0, 0.05) is 29.4 Å². The van der Waals surface area contributed by atoms with Crippen molar-refractivity contribution in [2.45, 2.75) is 6.92 Å². The Kier molecular flexibility index (Phi) is 3.50. The molecule has 23 heavy (non-hydrogen) atoms. The van der Waals surface area contributed by atoms with Crippen molar-refractivity contribution in [3.05, 3.63) is 53.7 Å². The molecule has 0 saturated carbocycles. The second-order valence-electron chi connectivity index (χ2n) is 5.57. The van der Waals surface area contributed by atoms with E-state index in [1.54, 1.807) is 6.20 Å². The first-order valence-electron chi connectivity index (χ1n) is 7.52. The summed E-state index contributed by atoms with van der Waals surface area (Å²) < 4.78 is 0. The highest BCUT2D eigenvalue weighted by Crippen LogP contribution is 2.29. The summed E-state index contributed by atoms with van der Waals surface area (Å²) in [6.07, 6.45) is 1.78. The minimum absolute atomic E-state index is 0.305. The maximum atomic E-state index is 5.65.